The van der Waals surface area contributed by atoms with Crippen molar-refractivity contribution in [2.75, 3.05) is 4.90 Å². The highest BCUT2D eigenvalue weighted by Crippen LogP contribution is 2.31. The molecule has 0 atom stereocenters. The summed E-state index contributed by atoms with van der Waals surface area (Å²) in [5, 5.41) is 0. The molecule has 1 amide bonds. The fraction of sp³-hybridized carbons (Fsp3) is 0.235. The summed E-state index contributed by atoms with van der Waals surface area (Å²) < 4.78 is 1.18. The van der Waals surface area contributed by atoms with E-state index >= 15 is 0 Å². The van der Waals surface area contributed by atoms with Gasteiger partial charge in [-0.3, -0.25) is 4.79 Å². The highest BCUT2D eigenvalue weighted by molar-refractivity contribution is 14.1. The third-order valence-corrected chi connectivity index (χ3v) is 4.27. The zero-order chi connectivity index (χ0) is 14.3. The Kier molecular flexibility index (Phi) is 3.54. The molecular formula is C17H16INO. The number of carbonyl (C=O) groups is 1. The van der Waals surface area contributed by atoms with E-state index < -0.39 is 0 Å². The molecule has 102 valence electrons. The fourth-order valence-electron chi connectivity index (χ4n) is 2.87. The Balaban J connectivity index is 1.94. The second-order valence-electron chi connectivity index (χ2n) is 5.43. The van der Waals surface area contributed by atoms with Gasteiger partial charge in [0.05, 0.1) is 13.0 Å². The molecule has 1 heterocycles. The first-order valence-corrected chi connectivity index (χ1v) is 7.77. The summed E-state index contributed by atoms with van der Waals surface area (Å²) in [6.45, 7) is 4.85. The van der Waals surface area contributed by atoms with Crippen LogP contribution < -0.4 is 4.90 Å². The maximum Gasteiger partial charge on any atom is 0.231 e. The topological polar surface area (TPSA) is 20.3 Å². The summed E-state index contributed by atoms with van der Waals surface area (Å²) in [4.78, 5) is 14.1. The van der Waals surface area contributed by atoms with Gasteiger partial charge in [0.25, 0.3) is 0 Å². The number of halogens is 1. The number of rotatable bonds is 2. The highest BCUT2D eigenvalue weighted by atomic mass is 127. The van der Waals surface area contributed by atoms with Crippen LogP contribution in [0.25, 0.3) is 0 Å². The van der Waals surface area contributed by atoms with Gasteiger partial charge in [0.1, 0.15) is 0 Å². The molecule has 2 aromatic carbocycles. The van der Waals surface area contributed by atoms with Crippen LogP contribution in [-0.2, 0) is 17.8 Å². The van der Waals surface area contributed by atoms with Crippen molar-refractivity contribution in [2.45, 2.75) is 26.8 Å². The molecule has 3 rings (SSSR count). The number of anilines is 1. The number of hydrogen-bond donors (Lipinski definition) is 0. The summed E-state index contributed by atoms with van der Waals surface area (Å²) in [6, 6.07) is 12.7. The quantitative estimate of drug-likeness (QED) is 0.725. The van der Waals surface area contributed by atoms with E-state index in [1.807, 2.05) is 4.90 Å². The molecular weight excluding hydrogens is 361 g/mol. The van der Waals surface area contributed by atoms with Crippen LogP contribution in [0.1, 0.15) is 22.3 Å². The van der Waals surface area contributed by atoms with Gasteiger partial charge in [0, 0.05) is 9.26 Å². The third-order valence-electron chi connectivity index (χ3n) is 3.60. The van der Waals surface area contributed by atoms with E-state index in [1.54, 1.807) is 0 Å². The van der Waals surface area contributed by atoms with Crippen molar-refractivity contribution in [2.24, 2.45) is 0 Å². The van der Waals surface area contributed by atoms with E-state index in [-0.39, 0.29) is 5.91 Å². The molecule has 1 aliphatic heterocycles. The van der Waals surface area contributed by atoms with E-state index in [1.165, 1.54) is 20.3 Å². The van der Waals surface area contributed by atoms with Gasteiger partial charge in [0.2, 0.25) is 5.91 Å². The highest BCUT2D eigenvalue weighted by Gasteiger charge is 2.27. The largest absolute Gasteiger partial charge is 0.307 e. The van der Waals surface area contributed by atoms with E-state index in [2.05, 4.69) is 72.8 Å². The summed E-state index contributed by atoms with van der Waals surface area (Å²) in [6.07, 6.45) is 0.525. The van der Waals surface area contributed by atoms with Crippen LogP contribution in [0.5, 0.6) is 0 Å². The molecule has 0 bridgehead atoms. The lowest BCUT2D eigenvalue weighted by Crippen LogP contribution is -2.26. The van der Waals surface area contributed by atoms with Crippen molar-refractivity contribution in [3.63, 3.8) is 0 Å². The molecule has 2 nitrogen and oxygen atoms in total. The zero-order valence-electron chi connectivity index (χ0n) is 11.6. The number of benzene rings is 2. The minimum absolute atomic E-state index is 0.196. The maximum atomic E-state index is 12.2. The minimum atomic E-state index is 0.196. The van der Waals surface area contributed by atoms with Crippen LogP contribution in [-0.4, -0.2) is 5.91 Å². The molecule has 0 N–H and O–H groups in total. The van der Waals surface area contributed by atoms with E-state index in [0.29, 0.717) is 13.0 Å². The summed E-state index contributed by atoms with van der Waals surface area (Å²) in [5.74, 6) is 0.196. The second kappa shape index (κ2) is 5.20. The molecule has 0 radical (unpaired) electrons. The Morgan fingerprint density at radius 1 is 1.10 bits per heavy atom. The molecule has 0 saturated carbocycles. The van der Waals surface area contributed by atoms with Crippen molar-refractivity contribution in [3.8, 4) is 0 Å². The predicted molar refractivity (Wildman–Crippen MR) is 90.0 cm³/mol. The third kappa shape index (κ3) is 2.59. The Morgan fingerprint density at radius 2 is 1.80 bits per heavy atom. The average molecular weight is 377 g/mol. The minimum Gasteiger partial charge on any atom is -0.307 e. The maximum absolute atomic E-state index is 12.2. The lowest BCUT2D eigenvalue weighted by molar-refractivity contribution is -0.117. The van der Waals surface area contributed by atoms with Gasteiger partial charge in [-0.15, -0.1) is 0 Å². The number of fused-ring (bicyclic) bond motifs is 1. The Bertz CT molecular complexity index is 673. The second-order valence-corrected chi connectivity index (χ2v) is 6.67. The van der Waals surface area contributed by atoms with Crippen LogP contribution in [0.15, 0.2) is 36.4 Å². The first kappa shape index (κ1) is 13.6. The van der Waals surface area contributed by atoms with Crippen molar-refractivity contribution in [1.82, 2.24) is 0 Å². The van der Waals surface area contributed by atoms with Crippen molar-refractivity contribution < 1.29 is 4.79 Å². The molecule has 3 heteroatoms. The van der Waals surface area contributed by atoms with Crippen LogP contribution in [0.2, 0.25) is 0 Å². The molecule has 2 aromatic rings. The standard InChI is InChI=1S/C17H16INO/c1-11-5-12(2)7-13(6-11)10-19-16-4-3-15(18)8-14(16)9-17(19)20/h3-8H,9-10H2,1-2H3. The first-order chi connectivity index (χ1) is 9.52. The van der Waals surface area contributed by atoms with Crippen LogP contribution in [0.4, 0.5) is 5.69 Å². The van der Waals surface area contributed by atoms with E-state index in [9.17, 15) is 4.79 Å². The summed E-state index contributed by atoms with van der Waals surface area (Å²) >= 11 is 2.29. The Morgan fingerprint density at radius 3 is 2.50 bits per heavy atom. The lowest BCUT2D eigenvalue weighted by Gasteiger charge is -2.18. The van der Waals surface area contributed by atoms with E-state index in [4.69, 9.17) is 0 Å². The van der Waals surface area contributed by atoms with Crippen molar-refractivity contribution >= 4 is 34.2 Å². The SMILES string of the molecule is Cc1cc(C)cc(CN2C(=O)Cc3cc(I)ccc32)c1. The summed E-state index contributed by atoms with van der Waals surface area (Å²) in [5.41, 5.74) is 5.90. The van der Waals surface area contributed by atoms with Gasteiger partial charge >= 0.3 is 0 Å². The van der Waals surface area contributed by atoms with Crippen LogP contribution in [0.3, 0.4) is 0 Å². The smallest absolute Gasteiger partial charge is 0.231 e. The van der Waals surface area contributed by atoms with Gasteiger partial charge in [0.15, 0.2) is 0 Å². The van der Waals surface area contributed by atoms with E-state index in [0.717, 1.165) is 11.3 Å². The molecule has 0 saturated heterocycles. The van der Waals surface area contributed by atoms with Crippen molar-refractivity contribution in [1.29, 1.82) is 0 Å². The van der Waals surface area contributed by atoms with Gasteiger partial charge < -0.3 is 4.90 Å². The Labute approximate surface area is 132 Å². The Hall–Kier alpha value is -1.36. The zero-order valence-corrected chi connectivity index (χ0v) is 13.8. The monoisotopic (exact) mass is 377 g/mol. The predicted octanol–water partition coefficient (Wildman–Crippen LogP) is 4.00. The number of amides is 1. The molecule has 20 heavy (non-hydrogen) atoms. The van der Waals surface area contributed by atoms with Gasteiger partial charge in [-0.25, -0.2) is 0 Å². The first-order valence-electron chi connectivity index (χ1n) is 6.69. The molecule has 0 fully saturated rings. The van der Waals surface area contributed by atoms with Crippen LogP contribution in [0, 0.1) is 17.4 Å². The number of carbonyl (C=O) groups excluding carboxylic acids is 1. The number of hydrogen-bond acceptors (Lipinski definition) is 1. The fourth-order valence-corrected chi connectivity index (χ4v) is 3.42. The van der Waals surface area contributed by atoms with Gasteiger partial charge in [-0.2, -0.15) is 0 Å². The van der Waals surface area contributed by atoms with Gasteiger partial charge in [-0.1, -0.05) is 29.3 Å². The molecule has 0 aliphatic carbocycles. The van der Waals surface area contributed by atoms with Gasteiger partial charge in [-0.05, 0) is 65.8 Å². The lowest BCUT2D eigenvalue weighted by atomic mass is 10.1. The number of nitrogens with zero attached hydrogens (tertiary/aromatic N) is 1. The molecule has 1 aliphatic rings. The number of aryl methyl sites for hydroxylation is 2. The van der Waals surface area contributed by atoms with Crippen LogP contribution >= 0.6 is 22.6 Å². The summed E-state index contributed by atoms with van der Waals surface area (Å²) in [7, 11) is 0. The molecule has 0 aromatic heterocycles. The molecule has 0 spiro atoms. The molecule has 0 unspecified atom stereocenters. The average Bonchev–Trinajstić information content (AvgIpc) is 2.64. The normalized spacial score (nSPS) is 13.8. The van der Waals surface area contributed by atoms with Crippen molar-refractivity contribution in [3.05, 3.63) is 62.2 Å².